The van der Waals surface area contributed by atoms with Crippen molar-refractivity contribution < 1.29 is 14.3 Å². The van der Waals surface area contributed by atoms with E-state index in [2.05, 4.69) is 18.8 Å². The van der Waals surface area contributed by atoms with E-state index in [0.29, 0.717) is 18.3 Å². The summed E-state index contributed by atoms with van der Waals surface area (Å²) >= 11 is 1.59. The molecule has 2 heterocycles. The fourth-order valence-corrected chi connectivity index (χ4v) is 4.37. The molecule has 6 heteroatoms. The molecule has 0 aliphatic carbocycles. The smallest absolute Gasteiger partial charge is 0.306 e. The zero-order chi connectivity index (χ0) is 17.8. The molecule has 0 spiro atoms. The lowest BCUT2D eigenvalue weighted by molar-refractivity contribution is -0.153. The fraction of sp³-hybridized carbons (Fsp3) is 0.526. The number of ether oxygens (including phenoxy) is 1. The minimum absolute atomic E-state index is 0.0910. The van der Waals surface area contributed by atoms with Crippen molar-refractivity contribution in [1.82, 2.24) is 9.88 Å². The van der Waals surface area contributed by atoms with Gasteiger partial charge in [0.1, 0.15) is 0 Å². The number of hydrogen-bond acceptors (Lipinski definition) is 5. The molecule has 0 radical (unpaired) electrons. The fourth-order valence-electron chi connectivity index (χ4n) is 3.41. The molecule has 25 heavy (non-hydrogen) atoms. The molecule has 1 amide bonds. The summed E-state index contributed by atoms with van der Waals surface area (Å²) < 4.78 is 6.29. The van der Waals surface area contributed by atoms with E-state index in [1.165, 1.54) is 0 Å². The minimum atomic E-state index is -0.342. The molecule has 0 bridgehead atoms. The number of piperidine rings is 1. The number of amides is 1. The molecule has 1 aromatic heterocycles. The van der Waals surface area contributed by atoms with Gasteiger partial charge in [-0.3, -0.25) is 9.59 Å². The average molecular weight is 360 g/mol. The third-order valence-electron chi connectivity index (χ3n) is 4.46. The van der Waals surface area contributed by atoms with Gasteiger partial charge in [0.15, 0.2) is 6.61 Å². The maximum Gasteiger partial charge on any atom is 0.306 e. The number of carbonyl (C=O) groups excluding carboxylic acids is 2. The summed E-state index contributed by atoms with van der Waals surface area (Å²) in [5.41, 5.74) is 0.958. The predicted octanol–water partition coefficient (Wildman–Crippen LogP) is 3.28. The number of fused-ring (bicyclic) bond motifs is 1. The van der Waals surface area contributed by atoms with E-state index < -0.39 is 0 Å². The minimum Gasteiger partial charge on any atom is -0.456 e. The van der Waals surface area contributed by atoms with Crippen LogP contribution >= 0.6 is 11.3 Å². The number of rotatable bonds is 5. The number of aryl methyl sites for hydroxylation is 1. The summed E-state index contributed by atoms with van der Waals surface area (Å²) in [6.07, 6.45) is 1.94. The summed E-state index contributed by atoms with van der Waals surface area (Å²) in [5.74, 6) is 0.572. The van der Waals surface area contributed by atoms with E-state index in [-0.39, 0.29) is 24.9 Å². The number of benzene rings is 1. The van der Waals surface area contributed by atoms with Crippen LogP contribution in [-0.2, 0) is 20.7 Å². The van der Waals surface area contributed by atoms with Crippen molar-refractivity contribution in [2.75, 3.05) is 19.7 Å². The van der Waals surface area contributed by atoms with Gasteiger partial charge in [0.25, 0.3) is 5.91 Å². The van der Waals surface area contributed by atoms with Crippen LogP contribution in [0.1, 0.15) is 31.7 Å². The van der Waals surface area contributed by atoms with Gasteiger partial charge in [0.05, 0.1) is 21.6 Å². The van der Waals surface area contributed by atoms with Gasteiger partial charge >= 0.3 is 5.97 Å². The van der Waals surface area contributed by atoms with Crippen molar-refractivity contribution in [1.29, 1.82) is 0 Å². The molecule has 2 atom stereocenters. The van der Waals surface area contributed by atoms with Crippen molar-refractivity contribution in [3.63, 3.8) is 0 Å². The number of para-hydroxylation sites is 1. The van der Waals surface area contributed by atoms with Gasteiger partial charge in [0.2, 0.25) is 0 Å². The monoisotopic (exact) mass is 360 g/mol. The Labute approximate surface area is 152 Å². The van der Waals surface area contributed by atoms with Crippen LogP contribution in [0.2, 0.25) is 0 Å². The van der Waals surface area contributed by atoms with E-state index in [4.69, 9.17) is 4.74 Å². The van der Waals surface area contributed by atoms with Crippen molar-refractivity contribution in [3.8, 4) is 0 Å². The number of likely N-dealkylation sites (tertiary alicyclic amines) is 1. The van der Waals surface area contributed by atoms with E-state index in [9.17, 15) is 9.59 Å². The molecule has 0 N–H and O–H groups in total. The van der Waals surface area contributed by atoms with Gasteiger partial charge in [0, 0.05) is 19.5 Å². The zero-order valence-electron chi connectivity index (χ0n) is 14.7. The highest BCUT2D eigenvalue weighted by Crippen LogP contribution is 2.23. The highest BCUT2D eigenvalue weighted by molar-refractivity contribution is 7.18. The van der Waals surface area contributed by atoms with E-state index in [0.717, 1.165) is 34.7 Å². The molecule has 1 fully saturated rings. The van der Waals surface area contributed by atoms with Crippen LogP contribution in [0.25, 0.3) is 10.2 Å². The van der Waals surface area contributed by atoms with E-state index in [1.807, 2.05) is 29.2 Å². The van der Waals surface area contributed by atoms with Gasteiger partial charge in [-0.05, 0) is 30.4 Å². The lowest BCUT2D eigenvalue weighted by Gasteiger charge is -2.34. The molecule has 5 nitrogen and oxygen atoms in total. The predicted molar refractivity (Wildman–Crippen MR) is 98.4 cm³/mol. The normalized spacial score (nSPS) is 20.6. The quantitative estimate of drug-likeness (QED) is 0.768. The number of aromatic nitrogens is 1. The summed E-state index contributed by atoms with van der Waals surface area (Å²) in [7, 11) is 0. The number of carbonyl (C=O) groups is 2. The van der Waals surface area contributed by atoms with Gasteiger partial charge in [-0.25, -0.2) is 4.98 Å². The largest absolute Gasteiger partial charge is 0.456 e. The maximum absolute atomic E-state index is 12.2. The van der Waals surface area contributed by atoms with Crippen LogP contribution in [0, 0.1) is 11.8 Å². The van der Waals surface area contributed by atoms with Crippen LogP contribution in [0.5, 0.6) is 0 Å². The number of thiazole rings is 1. The SMILES string of the molecule is C[C@@H]1C[C@H](C)CN(C(=O)COC(=O)CCc2nc3ccccc3s2)C1. The van der Waals surface area contributed by atoms with Gasteiger partial charge in [-0.1, -0.05) is 26.0 Å². The first-order valence-electron chi connectivity index (χ1n) is 8.79. The van der Waals surface area contributed by atoms with Gasteiger partial charge in [-0.2, -0.15) is 0 Å². The molecule has 1 saturated heterocycles. The Balaban J connectivity index is 1.44. The third kappa shape index (κ3) is 4.78. The Bertz CT molecular complexity index is 715. The van der Waals surface area contributed by atoms with Crippen LogP contribution in [0.4, 0.5) is 0 Å². The Hall–Kier alpha value is -1.95. The summed E-state index contributed by atoms with van der Waals surface area (Å²) in [6, 6.07) is 7.92. The first-order chi connectivity index (χ1) is 12.0. The highest BCUT2D eigenvalue weighted by atomic mass is 32.1. The second-order valence-electron chi connectivity index (χ2n) is 6.98. The molecular weight excluding hydrogens is 336 g/mol. The van der Waals surface area contributed by atoms with Gasteiger partial charge in [-0.15, -0.1) is 11.3 Å². The highest BCUT2D eigenvalue weighted by Gasteiger charge is 2.25. The molecule has 134 valence electrons. The van der Waals surface area contributed by atoms with Crippen molar-refractivity contribution in [2.45, 2.75) is 33.1 Å². The van der Waals surface area contributed by atoms with Crippen LogP contribution < -0.4 is 0 Å². The van der Waals surface area contributed by atoms with Crippen LogP contribution in [-0.4, -0.2) is 41.5 Å². The Morgan fingerprint density at radius 1 is 1.24 bits per heavy atom. The van der Waals surface area contributed by atoms with Gasteiger partial charge < -0.3 is 9.64 Å². The Kier molecular flexibility index (Phi) is 5.68. The lowest BCUT2D eigenvalue weighted by atomic mass is 9.92. The first-order valence-corrected chi connectivity index (χ1v) is 9.60. The Morgan fingerprint density at radius 3 is 2.68 bits per heavy atom. The second kappa shape index (κ2) is 7.95. The molecule has 1 aliphatic heterocycles. The average Bonchev–Trinajstić information content (AvgIpc) is 3.00. The molecule has 3 rings (SSSR count). The molecule has 1 aromatic carbocycles. The molecular formula is C19H24N2O3S. The summed E-state index contributed by atoms with van der Waals surface area (Å²) in [4.78, 5) is 30.5. The van der Waals surface area contributed by atoms with Crippen molar-refractivity contribution >= 4 is 33.4 Å². The number of nitrogens with zero attached hydrogens (tertiary/aromatic N) is 2. The zero-order valence-corrected chi connectivity index (χ0v) is 15.6. The number of hydrogen-bond donors (Lipinski definition) is 0. The standard InChI is InChI=1S/C19H24N2O3S/c1-13-9-14(2)11-21(10-13)18(22)12-24-19(23)8-7-17-20-15-5-3-4-6-16(15)25-17/h3-6,13-14H,7-12H2,1-2H3/t13-,14+. The van der Waals surface area contributed by atoms with Crippen molar-refractivity contribution in [2.24, 2.45) is 11.8 Å². The topological polar surface area (TPSA) is 59.5 Å². The van der Waals surface area contributed by atoms with Crippen LogP contribution in [0.3, 0.4) is 0 Å². The summed E-state index contributed by atoms with van der Waals surface area (Å²) in [6.45, 7) is 5.66. The molecule has 1 aliphatic rings. The second-order valence-corrected chi connectivity index (χ2v) is 8.10. The Morgan fingerprint density at radius 2 is 1.96 bits per heavy atom. The lowest BCUT2D eigenvalue weighted by Crippen LogP contribution is -2.44. The number of esters is 1. The maximum atomic E-state index is 12.2. The third-order valence-corrected chi connectivity index (χ3v) is 5.56. The molecule has 2 aromatic rings. The van der Waals surface area contributed by atoms with Crippen LogP contribution in [0.15, 0.2) is 24.3 Å². The summed E-state index contributed by atoms with van der Waals surface area (Å²) in [5, 5.41) is 0.920. The molecule has 0 unspecified atom stereocenters. The van der Waals surface area contributed by atoms with E-state index >= 15 is 0 Å². The first kappa shape index (κ1) is 17.9. The van der Waals surface area contributed by atoms with E-state index in [1.54, 1.807) is 11.3 Å². The molecule has 0 saturated carbocycles. The van der Waals surface area contributed by atoms with Crippen molar-refractivity contribution in [3.05, 3.63) is 29.3 Å².